The van der Waals surface area contributed by atoms with Gasteiger partial charge in [-0.15, -0.1) is 0 Å². The highest BCUT2D eigenvalue weighted by atomic mass is 16.5. The van der Waals surface area contributed by atoms with Gasteiger partial charge in [0, 0.05) is 36.6 Å². The van der Waals surface area contributed by atoms with Crippen molar-refractivity contribution < 1.29 is 4.74 Å². The van der Waals surface area contributed by atoms with E-state index in [1.807, 2.05) is 0 Å². The fourth-order valence-electron chi connectivity index (χ4n) is 9.77. The van der Waals surface area contributed by atoms with E-state index in [1.54, 1.807) is 0 Å². The lowest BCUT2D eigenvalue weighted by Gasteiger charge is -2.29. The van der Waals surface area contributed by atoms with Crippen molar-refractivity contribution in [2.24, 2.45) is 11.8 Å². The summed E-state index contributed by atoms with van der Waals surface area (Å²) in [6.07, 6.45) is 39.8. The van der Waals surface area contributed by atoms with E-state index in [-0.39, 0.29) is 0 Å². The third kappa shape index (κ3) is 14.2. The van der Waals surface area contributed by atoms with Crippen LogP contribution in [0.15, 0.2) is 61.2 Å². The fraction of sp³-hybridized carbons (Fsp3) is 0.630. The van der Waals surface area contributed by atoms with Gasteiger partial charge >= 0.3 is 0 Å². The fourth-order valence-corrected chi connectivity index (χ4v) is 9.77. The predicted molar refractivity (Wildman–Crippen MR) is 247 cm³/mol. The maximum Gasteiger partial charge on any atom is 0.131 e. The molecule has 2 heterocycles. The second-order valence-electron chi connectivity index (χ2n) is 18.6. The van der Waals surface area contributed by atoms with Gasteiger partial charge < -0.3 is 4.74 Å². The molecule has 0 bridgehead atoms. The van der Waals surface area contributed by atoms with Gasteiger partial charge in [0.05, 0.1) is 0 Å². The lowest BCUT2D eigenvalue weighted by molar-refractivity contribution is 0.312. The Morgan fingerprint density at radius 1 is 0.424 bits per heavy atom. The molecule has 2 aliphatic carbocycles. The summed E-state index contributed by atoms with van der Waals surface area (Å²) >= 11 is 0. The van der Waals surface area contributed by atoms with Crippen LogP contribution in [0.3, 0.4) is 0 Å². The summed E-state index contributed by atoms with van der Waals surface area (Å²) in [5, 5.41) is 0. The highest BCUT2D eigenvalue weighted by Gasteiger charge is 2.27. The van der Waals surface area contributed by atoms with E-state index in [0.29, 0.717) is 23.7 Å². The molecule has 59 heavy (non-hydrogen) atoms. The number of rotatable bonds is 24. The second-order valence-corrected chi connectivity index (χ2v) is 18.6. The first-order valence-electron chi connectivity index (χ1n) is 24.6. The second kappa shape index (κ2) is 24.6. The van der Waals surface area contributed by atoms with Crippen LogP contribution in [0.4, 0.5) is 0 Å². The molecular weight excluding hydrogens is 721 g/mol. The van der Waals surface area contributed by atoms with Crippen LogP contribution < -0.4 is 4.74 Å². The van der Waals surface area contributed by atoms with Gasteiger partial charge in [0.25, 0.3) is 0 Å². The van der Waals surface area contributed by atoms with E-state index in [9.17, 15) is 0 Å². The molecule has 0 unspecified atom stereocenters. The van der Waals surface area contributed by atoms with Crippen molar-refractivity contribution in [2.75, 3.05) is 0 Å². The lowest BCUT2D eigenvalue weighted by atomic mass is 9.78. The summed E-state index contributed by atoms with van der Waals surface area (Å²) in [7, 11) is 0. The molecule has 5 heteroatoms. The van der Waals surface area contributed by atoms with Gasteiger partial charge in [-0.2, -0.15) is 0 Å². The zero-order valence-corrected chi connectivity index (χ0v) is 37.7. The van der Waals surface area contributed by atoms with Gasteiger partial charge in [-0.1, -0.05) is 103 Å². The summed E-state index contributed by atoms with van der Waals surface area (Å²) in [6.45, 7) is 9.13. The average Bonchev–Trinajstić information content (AvgIpc) is 3.27. The summed E-state index contributed by atoms with van der Waals surface area (Å²) in [4.78, 5) is 19.5. The molecule has 4 aromatic rings. The minimum absolute atomic E-state index is 0.481. The molecule has 320 valence electrons. The van der Waals surface area contributed by atoms with Gasteiger partial charge in [0.15, 0.2) is 0 Å². The molecule has 6 rings (SSSR count). The lowest BCUT2D eigenvalue weighted by Crippen LogP contribution is -2.18. The number of nitrogens with zero attached hydrogens (tertiary/aromatic N) is 4. The average molecular weight is 799 g/mol. The molecular formula is C54H78N4O. The Kier molecular flexibility index (Phi) is 18.7. The normalized spacial score (nSPS) is 19.5. The highest BCUT2D eigenvalue weighted by molar-refractivity contribution is 5.45. The Bertz CT molecular complexity index is 1640. The van der Waals surface area contributed by atoms with Crippen LogP contribution in [0.2, 0.25) is 0 Å². The van der Waals surface area contributed by atoms with E-state index in [0.717, 1.165) is 61.7 Å². The van der Waals surface area contributed by atoms with Crippen molar-refractivity contribution in [1.29, 1.82) is 0 Å². The molecule has 2 fully saturated rings. The largest absolute Gasteiger partial charge is 0.457 e. The Hall–Kier alpha value is -3.60. The maximum atomic E-state index is 7.09. The zero-order valence-electron chi connectivity index (χ0n) is 37.7. The van der Waals surface area contributed by atoms with Crippen LogP contribution >= 0.6 is 0 Å². The maximum absolute atomic E-state index is 7.09. The topological polar surface area (TPSA) is 60.8 Å². The minimum atomic E-state index is 0.481. The van der Waals surface area contributed by atoms with Crippen LogP contribution in [0.1, 0.15) is 213 Å². The van der Waals surface area contributed by atoms with Crippen molar-refractivity contribution in [3.05, 3.63) is 106 Å². The van der Waals surface area contributed by atoms with Gasteiger partial charge in [-0.3, -0.25) is 0 Å². The van der Waals surface area contributed by atoms with Crippen LogP contribution in [-0.4, -0.2) is 19.9 Å². The number of unbranched alkanes of at least 4 members (excludes halogenated alkanes) is 8. The van der Waals surface area contributed by atoms with E-state index in [2.05, 4.69) is 88.9 Å². The van der Waals surface area contributed by atoms with Gasteiger partial charge in [0.2, 0.25) is 0 Å². The molecule has 2 aromatic carbocycles. The summed E-state index contributed by atoms with van der Waals surface area (Å²) in [5.41, 5.74) is 8.26. The Morgan fingerprint density at radius 2 is 0.797 bits per heavy atom. The van der Waals surface area contributed by atoms with Gasteiger partial charge in [0.1, 0.15) is 23.1 Å². The van der Waals surface area contributed by atoms with Gasteiger partial charge in [-0.25, -0.2) is 19.9 Å². The molecule has 0 spiro atoms. The van der Waals surface area contributed by atoms with Crippen molar-refractivity contribution in [3.8, 4) is 11.5 Å². The van der Waals surface area contributed by atoms with Crippen molar-refractivity contribution in [1.82, 2.24) is 19.9 Å². The summed E-state index contributed by atoms with van der Waals surface area (Å²) in [5.74, 6) is 6.51. The smallest absolute Gasteiger partial charge is 0.131 e. The quantitative estimate of drug-likeness (QED) is 0.0661. The van der Waals surface area contributed by atoms with Crippen LogP contribution in [0.5, 0.6) is 11.5 Å². The van der Waals surface area contributed by atoms with Crippen molar-refractivity contribution in [3.63, 3.8) is 0 Å². The molecule has 5 nitrogen and oxygen atoms in total. The molecule has 0 radical (unpaired) electrons. The first-order chi connectivity index (χ1) is 29.0. The standard InChI is InChI=1S/C54H78N4O/c1-5-9-13-15-19-45-37-55-53(56-38-45)47-27-21-43(22-28-47)35-49-33-41(17-11-7-3)25-31-51(49)59-52-32-26-42(18-12-8-4)34-50(52)36-44-23-29-48(30-24-44)54-57-39-46(40-58-54)20-16-14-10-6-2/h25-26,31-34,37-40,43-44,47-48H,5-24,27-30,35-36H2,1-4H3/t43-,44-,47-,48-. The number of aromatic nitrogens is 4. The Balaban J connectivity index is 1.09. The Labute approximate surface area is 359 Å². The molecule has 0 aliphatic heterocycles. The number of hydrogen-bond acceptors (Lipinski definition) is 5. The molecule has 0 amide bonds. The number of benzene rings is 2. The minimum Gasteiger partial charge on any atom is -0.457 e. The third-order valence-corrected chi connectivity index (χ3v) is 13.6. The van der Waals surface area contributed by atoms with Crippen LogP contribution in [-0.2, 0) is 38.5 Å². The molecule has 0 saturated heterocycles. The van der Waals surface area contributed by atoms with Crippen LogP contribution in [0.25, 0.3) is 0 Å². The zero-order chi connectivity index (χ0) is 41.1. The molecule has 2 aliphatic rings. The molecule has 0 N–H and O–H groups in total. The molecule has 2 saturated carbocycles. The SMILES string of the molecule is CCCCCCc1cnc([C@H]2CC[C@H](Cc3cc(CCCC)ccc3Oc3ccc(CCCC)cc3C[C@H]3CC[C@H](c4ncc(CCCCCC)cn4)CC3)CC2)nc1. The van der Waals surface area contributed by atoms with Gasteiger partial charge in [-0.05, 0) is 173 Å². The summed E-state index contributed by atoms with van der Waals surface area (Å²) in [6, 6.07) is 14.2. The highest BCUT2D eigenvalue weighted by Crippen LogP contribution is 2.41. The van der Waals surface area contributed by atoms with E-state index in [1.165, 1.54) is 162 Å². The number of hydrogen-bond donors (Lipinski definition) is 0. The van der Waals surface area contributed by atoms with E-state index < -0.39 is 0 Å². The third-order valence-electron chi connectivity index (χ3n) is 13.6. The Morgan fingerprint density at radius 3 is 1.17 bits per heavy atom. The molecule has 2 aromatic heterocycles. The predicted octanol–water partition coefficient (Wildman–Crippen LogP) is 15.0. The first kappa shape index (κ1) is 44.9. The van der Waals surface area contributed by atoms with Crippen molar-refractivity contribution in [2.45, 2.75) is 206 Å². The molecule has 0 atom stereocenters. The van der Waals surface area contributed by atoms with E-state index in [4.69, 9.17) is 24.7 Å². The monoisotopic (exact) mass is 799 g/mol. The number of aryl methyl sites for hydroxylation is 4. The first-order valence-corrected chi connectivity index (χ1v) is 24.6. The van der Waals surface area contributed by atoms with Crippen LogP contribution in [0, 0.1) is 11.8 Å². The van der Waals surface area contributed by atoms with Crippen molar-refractivity contribution >= 4 is 0 Å². The summed E-state index contributed by atoms with van der Waals surface area (Å²) < 4.78 is 7.09. The number of ether oxygens (including phenoxy) is 1. The van der Waals surface area contributed by atoms with E-state index >= 15 is 0 Å².